The molecule has 1 aliphatic heterocycles. The number of anilines is 1. The van der Waals surface area contributed by atoms with E-state index < -0.39 is 0 Å². The van der Waals surface area contributed by atoms with Crippen molar-refractivity contribution in [3.05, 3.63) is 23.8 Å². The number of nitrogens with zero attached hydrogens (tertiary/aromatic N) is 1. The highest BCUT2D eigenvalue weighted by Gasteiger charge is 2.37. The van der Waals surface area contributed by atoms with Crippen LogP contribution in [-0.4, -0.2) is 31.6 Å². The van der Waals surface area contributed by atoms with Crippen molar-refractivity contribution in [1.82, 2.24) is 5.32 Å². The van der Waals surface area contributed by atoms with Gasteiger partial charge >= 0.3 is 0 Å². The lowest BCUT2D eigenvalue weighted by Gasteiger charge is -2.26. The van der Waals surface area contributed by atoms with Crippen LogP contribution in [0, 0.1) is 0 Å². The van der Waals surface area contributed by atoms with Crippen LogP contribution in [0.2, 0.25) is 0 Å². The summed E-state index contributed by atoms with van der Waals surface area (Å²) in [6.45, 7) is 1.72. The van der Waals surface area contributed by atoms with Gasteiger partial charge in [-0.3, -0.25) is 4.79 Å². The van der Waals surface area contributed by atoms with E-state index in [0.717, 1.165) is 42.9 Å². The average molecular weight is 261 g/mol. The first-order valence-electron chi connectivity index (χ1n) is 6.59. The molecule has 0 radical (unpaired) electrons. The lowest BCUT2D eigenvalue weighted by atomic mass is 10.1. The van der Waals surface area contributed by atoms with Gasteiger partial charge in [0.2, 0.25) is 0 Å². The van der Waals surface area contributed by atoms with E-state index in [2.05, 4.69) is 5.32 Å². The number of benzene rings is 1. The highest BCUT2D eigenvalue weighted by atomic mass is 16.5. The minimum atomic E-state index is -0.0171. The quantitative estimate of drug-likeness (QED) is 0.834. The van der Waals surface area contributed by atoms with Gasteiger partial charge in [-0.25, -0.2) is 0 Å². The third kappa shape index (κ3) is 2.57. The highest BCUT2D eigenvalue weighted by Crippen LogP contribution is 2.33. The fourth-order valence-corrected chi connectivity index (χ4v) is 2.22. The first-order chi connectivity index (χ1) is 9.07. The molecule has 1 aromatic rings. The van der Waals surface area contributed by atoms with E-state index in [1.54, 1.807) is 11.9 Å². The fraction of sp³-hybridized carbons (Fsp3) is 0.500. The second-order valence-corrected chi connectivity index (χ2v) is 5.51. The van der Waals surface area contributed by atoms with Gasteiger partial charge in [-0.05, 0) is 30.5 Å². The highest BCUT2D eigenvalue weighted by molar-refractivity contribution is 5.97. The number of fused-ring (bicyclic) bond motifs is 1. The van der Waals surface area contributed by atoms with E-state index in [9.17, 15) is 4.79 Å². The van der Waals surface area contributed by atoms with Crippen molar-refractivity contribution < 1.29 is 9.53 Å². The molecular weight excluding hydrogens is 242 g/mol. The number of rotatable bonds is 4. The molecule has 0 atom stereocenters. The van der Waals surface area contributed by atoms with Crippen LogP contribution in [0.3, 0.4) is 0 Å². The Bertz CT molecular complexity index is 511. The van der Waals surface area contributed by atoms with Gasteiger partial charge in [-0.15, -0.1) is 0 Å². The zero-order valence-electron chi connectivity index (χ0n) is 11.1. The standard InChI is InChI=1S/C14H19N3O2/c1-17-11-6-10(7-16-9-14(15)4-5-14)2-3-12(11)19-8-13(17)18/h2-3,6,16H,4-5,7-9,15H2,1H3. The van der Waals surface area contributed by atoms with Crippen LogP contribution in [0.15, 0.2) is 18.2 Å². The van der Waals surface area contributed by atoms with Crippen molar-refractivity contribution in [3.8, 4) is 5.75 Å². The van der Waals surface area contributed by atoms with Crippen LogP contribution in [0.25, 0.3) is 0 Å². The van der Waals surface area contributed by atoms with Gasteiger partial charge in [0.1, 0.15) is 5.75 Å². The molecule has 0 spiro atoms. The van der Waals surface area contributed by atoms with Gasteiger partial charge in [0, 0.05) is 25.7 Å². The predicted octanol–water partition coefficient (Wildman–Crippen LogP) is 0.623. The Morgan fingerprint density at radius 2 is 2.26 bits per heavy atom. The molecule has 1 aliphatic carbocycles. The van der Waals surface area contributed by atoms with Crippen molar-refractivity contribution in [1.29, 1.82) is 0 Å². The van der Waals surface area contributed by atoms with Crippen LogP contribution < -0.4 is 20.7 Å². The van der Waals surface area contributed by atoms with Crippen LogP contribution in [0.5, 0.6) is 5.75 Å². The van der Waals surface area contributed by atoms with Crippen molar-refractivity contribution in [2.24, 2.45) is 5.73 Å². The van der Waals surface area contributed by atoms with Crippen molar-refractivity contribution in [2.75, 3.05) is 25.1 Å². The molecule has 3 N–H and O–H groups in total. The van der Waals surface area contributed by atoms with Crippen LogP contribution in [0.1, 0.15) is 18.4 Å². The molecule has 0 aromatic heterocycles. The summed E-state index contributed by atoms with van der Waals surface area (Å²) in [6.07, 6.45) is 2.21. The van der Waals surface area contributed by atoms with Gasteiger partial charge in [0.15, 0.2) is 6.61 Å². The molecular formula is C14H19N3O2. The molecule has 0 saturated heterocycles. The van der Waals surface area contributed by atoms with E-state index in [4.69, 9.17) is 10.5 Å². The Kier molecular flexibility index (Phi) is 2.95. The van der Waals surface area contributed by atoms with Gasteiger partial charge in [0.25, 0.3) is 5.91 Å². The number of hydrogen-bond donors (Lipinski definition) is 2. The zero-order chi connectivity index (χ0) is 13.5. The van der Waals surface area contributed by atoms with Gasteiger partial charge in [0.05, 0.1) is 5.69 Å². The molecule has 5 nitrogen and oxygen atoms in total. The summed E-state index contributed by atoms with van der Waals surface area (Å²) < 4.78 is 5.40. The van der Waals surface area contributed by atoms with Gasteiger partial charge in [-0.1, -0.05) is 6.07 Å². The van der Waals surface area contributed by atoms with E-state index in [1.165, 1.54) is 0 Å². The topological polar surface area (TPSA) is 67.6 Å². The Morgan fingerprint density at radius 3 is 3.00 bits per heavy atom. The maximum atomic E-state index is 11.6. The molecule has 0 bridgehead atoms. The second-order valence-electron chi connectivity index (χ2n) is 5.51. The summed E-state index contributed by atoms with van der Waals surface area (Å²) in [5, 5.41) is 3.37. The summed E-state index contributed by atoms with van der Waals surface area (Å²) in [5.41, 5.74) is 8.01. The van der Waals surface area contributed by atoms with Crippen molar-refractivity contribution in [3.63, 3.8) is 0 Å². The third-order valence-corrected chi connectivity index (χ3v) is 3.81. The molecule has 1 heterocycles. The molecule has 102 valence electrons. The van der Waals surface area contributed by atoms with Crippen molar-refractivity contribution in [2.45, 2.75) is 24.9 Å². The zero-order valence-corrected chi connectivity index (χ0v) is 11.1. The molecule has 3 rings (SSSR count). The number of carbonyl (C=O) groups excluding carboxylic acids is 1. The molecule has 19 heavy (non-hydrogen) atoms. The molecule has 0 unspecified atom stereocenters. The minimum Gasteiger partial charge on any atom is -0.482 e. The fourth-order valence-electron chi connectivity index (χ4n) is 2.22. The molecule has 1 aromatic carbocycles. The normalized spacial score (nSPS) is 19.9. The van der Waals surface area contributed by atoms with Crippen molar-refractivity contribution >= 4 is 11.6 Å². The first-order valence-corrected chi connectivity index (χ1v) is 6.59. The molecule has 2 aliphatic rings. The molecule has 1 amide bonds. The lowest BCUT2D eigenvalue weighted by molar-refractivity contribution is -0.120. The summed E-state index contributed by atoms with van der Waals surface area (Å²) in [4.78, 5) is 13.2. The summed E-state index contributed by atoms with van der Waals surface area (Å²) >= 11 is 0. The van der Waals surface area contributed by atoms with Gasteiger partial charge < -0.3 is 20.7 Å². The van der Waals surface area contributed by atoms with E-state index >= 15 is 0 Å². The Morgan fingerprint density at radius 1 is 1.47 bits per heavy atom. The summed E-state index contributed by atoms with van der Waals surface area (Å²) in [5.74, 6) is 0.750. The van der Waals surface area contributed by atoms with Crippen LogP contribution in [-0.2, 0) is 11.3 Å². The lowest BCUT2D eigenvalue weighted by Crippen LogP contribution is -2.36. The Labute approximate surface area is 112 Å². The number of nitrogens with one attached hydrogen (secondary N) is 1. The Balaban J connectivity index is 1.68. The third-order valence-electron chi connectivity index (χ3n) is 3.81. The smallest absolute Gasteiger partial charge is 0.264 e. The largest absolute Gasteiger partial charge is 0.482 e. The predicted molar refractivity (Wildman–Crippen MR) is 73.2 cm³/mol. The second kappa shape index (κ2) is 4.51. The summed E-state index contributed by atoms with van der Waals surface area (Å²) in [7, 11) is 1.78. The van der Waals surface area contributed by atoms with Crippen LogP contribution >= 0.6 is 0 Å². The van der Waals surface area contributed by atoms with E-state index in [1.807, 2.05) is 18.2 Å². The number of ether oxygens (including phenoxy) is 1. The molecule has 1 saturated carbocycles. The molecule has 1 fully saturated rings. The number of hydrogen-bond acceptors (Lipinski definition) is 4. The maximum absolute atomic E-state index is 11.6. The van der Waals surface area contributed by atoms with E-state index in [-0.39, 0.29) is 18.1 Å². The molecule has 5 heteroatoms. The maximum Gasteiger partial charge on any atom is 0.264 e. The summed E-state index contributed by atoms with van der Waals surface area (Å²) in [6, 6.07) is 5.94. The first kappa shape index (κ1) is 12.4. The van der Waals surface area contributed by atoms with Crippen LogP contribution in [0.4, 0.5) is 5.69 Å². The monoisotopic (exact) mass is 261 g/mol. The number of carbonyl (C=O) groups is 1. The Hall–Kier alpha value is -1.59. The number of likely N-dealkylation sites (N-methyl/N-ethyl adjacent to an activating group) is 1. The SMILES string of the molecule is CN1C(=O)COc2ccc(CNCC3(N)CC3)cc21. The average Bonchev–Trinajstić information content (AvgIpc) is 3.13. The number of amides is 1. The number of nitrogens with two attached hydrogens (primary N) is 1. The minimum absolute atomic E-state index is 0.0171. The van der Waals surface area contributed by atoms with Gasteiger partial charge in [-0.2, -0.15) is 0 Å². The van der Waals surface area contributed by atoms with E-state index in [0.29, 0.717) is 0 Å².